The maximum absolute atomic E-state index is 10.3. The summed E-state index contributed by atoms with van der Waals surface area (Å²) in [6.07, 6.45) is 3.29. The Labute approximate surface area is 186 Å². The molecule has 0 unspecified atom stereocenters. The second-order valence-corrected chi connectivity index (χ2v) is 7.96. The molecule has 9 nitrogen and oxygen atoms in total. The zero-order chi connectivity index (χ0) is 22.0. The normalized spacial score (nSPS) is 18.4. The number of benzene rings is 1. The molecule has 1 aromatic carbocycles. The fourth-order valence-electron chi connectivity index (χ4n) is 3.80. The van der Waals surface area contributed by atoms with Gasteiger partial charge in [0.2, 0.25) is 0 Å². The molecule has 0 saturated carbocycles. The van der Waals surface area contributed by atoms with Gasteiger partial charge in [-0.25, -0.2) is 19.9 Å². The number of fused-ring (bicyclic) bond motifs is 1. The van der Waals surface area contributed by atoms with Gasteiger partial charge in [-0.15, -0.1) is 0 Å². The van der Waals surface area contributed by atoms with E-state index in [1.165, 1.54) is 6.33 Å². The van der Waals surface area contributed by atoms with Crippen LogP contribution in [0.3, 0.4) is 0 Å². The molecule has 0 radical (unpaired) electrons. The second kappa shape index (κ2) is 9.07. The molecule has 0 aliphatic carbocycles. The van der Waals surface area contributed by atoms with Crippen molar-refractivity contribution in [1.82, 2.24) is 19.9 Å². The number of β-amino-alcohol motifs (C(OH)–C–C–N with tert-alkyl or cyclic N) is 1. The molecular formula is C21H26ClN7O2. The van der Waals surface area contributed by atoms with Gasteiger partial charge < -0.3 is 25.0 Å². The average Bonchev–Trinajstić information content (AvgIpc) is 3.17. The zero-order valence-corrected chi connectivity index (χ0v) is 18.5. The quantitative estimate of drug-likeness (QED) is 0.570. The standard InChI is InChI=1S/C21H26ClN7O2/c1-4-28(2)19-8-20(26-12-25-19)29-10-14(30)5-13(29)9-23-21-15-6-16(22)18(31-3)7-17(15)24-11-27-21/h6-8,11-14,30H,4-5,9-10H2,1-3H3,(H,23,24,27)/t13-,14-/m1/s1. The highest BCUT2D eigenvalue weighted by Crippen LogP contribution is 2.32. The third kappa shape index (κ3) is 4.42. The van der Waals surface area contributed by atoms with Gasteiger partial charge in [0.05, 0.1) is 29.8 Å². The van der Waals surface area contributed by atoms with Crippen molar-refractivity contribution in [3.8, 4) is 5.75 Å². The summed E-state index contributed by atoms with van der Waals surface area (Å²) < 4.78 is 5.28. The van der Waals surface area contributed by atoms with E-state index in [2.05, 4.69) is 42.0 Å². The SMILES string of the molecule is CCN(C)c1cc(N2C[C@H](O)C[C@@H]2CNc2ncnc3cc(OC)c(Cl)cc23)ncn1. The topological polar surface area (TPSA) is 99.5 Å². The molecule has 1 fully saturated rings. The summed E-state index contributed by atoms with van der Waals surface area (Å²) in [7, 11) is 3.56. The molecule has 164 valence electrons. The van der Waals surface area contributed by atoms with E-state index in [9.17, 15) is 5.11 Å². The summed E-state index contributed by atoms with van der Waals surface area (Å²) in [6, 6.07) is 5.60. The molecule has 1 saturated heterocycles. The lowest BCUT2D eigenvalue weighted by molar-refractivity contribution is 0.194. The Morgan fingerprint density at radius 1 is 1.23 bits per heavy atom. The summed E-state index contributed by atoms with van der Waals surface area (Å²) in [5.74, 6) is 2.91. The van der Waals surface area contributed by atoms with Crippen molar-refractivity contribution in [2.24, 2.45) is 0 Å². The van der Waals surface area contributed by atoms with Crippen LogP contribution in [0.15, 0.2) is 30.9 Å². The number of ether oxygens (including phenoxy) is 1. The minimum Gasteiger partial charge on any atom is -0.495 e. The number of halogens is 1. The average molecular weight is 444 g/mol. The maximum Gasteiger partial charge on any atom is 0.139 e. The number of rotatable bonds is 7. The molecule has 0 bridgehead atoms. The van der Waals surface area contributed by atoms with Crippen LogP contribution in [0.5, 0.6) is 5.75 Å². The fraction of sp³-hybridized carbons (Fsp3) is 0.429. The molecule has 0 spiro atoms. The fourth-order valence-corrected chi connectivity index (χ4v) is 4.04. The lowest BCUT2D eigenvalue weighted by Crippen LogP contribution is -2.36. The van der Waals surface area contributed by atoms with Gasteiger partial charge in [-0.1, -0.05) is 11.6 Å². The minimum absolute atomic E-state index is 0.0448. The highest BCUT2D eigenvalue weighted by molar-refractivity contribution is 6.33. The summed E-state index contributed by atoms with van der Waals surface area (Å²) in [6.45, 7) is 4.02. The van der Waals surface area contributed by atoms with E-state index in [-0.39, 0.29) is 6.04 Å². The van der Waals surface area contributed by atoms with Gasteiger partial charge in [-0.2, -0.15) is 0 Å². The first kappa shape index (κ1) is 21.3. The largest absolute Gasteiger partial charge is 0.495 e. The van der Waals surface area contributed by atoms with E-state index in [0.29, 0.717) is 36.1 Å². The lowest BCUT2D eigenvalue weighted by atomic mass is 10.2. The van der Waals surface area contributed by atoms with Gasteiger partial charge >= 0.3 is 0 Å². The molecule has 2 atom stereocenters. The van der Waals surface area contributed by atoms with Gasteiger partial charge in [-0.3, -0.25) is 0 Å². The smallest absolute Gasteiger partial charge is 0.139 e. The molecular weight excluding hydrogens is 418 g/mol. The number of hydrogen-bond donors (Lipinski definition) is 2. The summed E-state index contributed by atoms with van der Waals surface area (Å²) >= 11 is 6.31. The third-order valence-electron chi connectivity index (χ3n) is 5.60. The molecule has 4 rings (SSSR count). The van der Waals surface area contributed by atoms with Gasteiger partial charge in [0.15, 0.2) is 0 Å². The number of aliphatic hydroxyl groups is 1. The molecule has 1 aliphatic rings. The van der Waals surface area contributed by atoms with Crippen LogP contribution in [0.1, 0.15) is 13.3 Å². The van der Waals surface area contributed by atoms with E-state index in [1.54, 1.807) is 25.6 Å². The minimum atomic E-state index is -0.421. The van der Waals surface area contributed by atoms with Crippen molar-refractivity contribution < 1.29 is 9.84 Å². The van der Waals surface area contributed by atoms with E-state index in [4.69, 9.17) is 16.3 Å². The van der Waals surface area contributed by atoms with Crippen molar-refractivity contribution in [2.75, 3.05) is 48.9 Å². The van der Waals surface area contributed by atoms with E-state index in [1.807, 2.05) is 13.1 Å². The first-order valence-corrected chi connectivity index (χ1v) is 10.6. The molecule has 0 amide bonds. The Balaban J connectivity index is 1.56. The van der Waals surface area contributed by atoms with Crippen LogP contribution in [-0.2, 0) is 0 Å². The van der Waals surface area contributed by atoms with E-state index >= 15 is 0 Å². The van der Waals surface area contributed by atoms with Gasteiger partial charge in [0.1, 0.15) is 35.9 Å². The number of nitrogens with one attached hydrogen (secondary N) is 1. The van der Waals surface area contributed by atoms with E-state index in [0.717, 1.165) is 29.1 Å². The number of nitrogens with zero attached hydrogens (tertiary/aromatic N) is 6. The monoisotopic (exact) mass is 443 g/mol. The Kier molecular flexibility index (Phi) is 6.24. The molecule has 10 heteroatoms. The summed E-state index contributed by atoms with van der Waals surface area (Å²) in [4.78, 5) is 21.7. The summed E-state index contributed by atoms with van der Waals surface area (Å²) in [5.41, 5.74) is 0.741. The lowest BCUT2D eigenvalue weighted by Gasteiger charge is -2.27. The van der Waals surface area contributed by atoms with Crippen LogP contribution >= 0.6 is 11.6 Å². The predicted molar refractivity (Wildman–Crippen MR) is 122 cm³/mol. The molecule has 2 aromatic heterocycles. The van der Waals surface area contributed by atoms with Crippen LogP contribution in [-0.4, -0.2) is 71.0 Å². The van der Waals surface area contributed by atoms with Crippen molar-refractivity contribution in [1.29, 1.82) is 0 Å². The molecule has 3 aromatic rings. The highest BCUT2D eigenvalue weighted by Gasteiger charge is 2.32. The van der Waals surface area contributed by atoms with Crippen LogP contribution in [0.4, 0.5) is 17.5 Å². The highest BCUT2D eigenvalue weighted by atomic mass is 35.5. The molecule has 3 heterocycles. The van der Waals surface area contributed by atoms with Gasteiger partial charge in [-0.05, 0) is 19.4 Å². The van der Waals surface area contributed by atoms with Crippen molar-refractivity contribution in [3.05, 3.63) is 35.9 Å². The van der Waals surface area contributed by atoms with Crippen molar-refractivity contribution in [3.63, 3.8) is 0 Å². The molecule has 1 aliphatic heterocycles. The number of methoxy groups -OCH3 is 1. The van der Waals surface area contributed by atoms with Crippen LogP contribution in [0, 0.1) is 0 Å². The Morgan fingerprint density at radius 3 is 2.81 bits per heavy atom. The van der Waals surface area contributed by atoms with Crippen LogP contribution in [0.25, 0.3) is 10.9 Å². The van der Waals surface area contributed by atoms with Crippen molar-refractivity contribution in [2.45, 2.75) is 25.5 Å². The molecule has 31 heavy (non-hydrogen) atoms. The van der Waals surface area contributed by atoms with Crippen molar-refractivity contribution >= 4 is 40.0 Å². The van der Waals surface area contributed by atoms with E-state index < -0.39 is 6.10 Å². The number of anilines is 3. The maximum atomic E-state index is 10.3. The summed E-state index contributed by atoms with van der Waals surface area (Å²) in [5, 5.41) is 15.1. The first-order chi connectivity index (χ1) is 15.0. The number of hydrogen-bond acceptors (Lipinski definition) is 9. The van der Waals surface area contributed by atoms with Crippen LogP contribution < -0.4 is 19.9 Å². The zero-order valence-electron chi connectivity index (χ0n) is 17.8. The second-order valence-electron chi connectivity index (χ2n) is 7.55. The third-order valence-corrected chi connectivity index (χ3v) is 5.90. The molecule has 2 N–H and O–H groups in total. The van der Waals surface area contributed by atoms with Gasteiger partial charge in [0.25, 0.3) is 0 Å². The van der Waals surface area contributed by atoms with Crippen LogP contribution in [0.2, 0.25) is 5.02 Å². The Hall–Kier alpha value is -2.91. The van der Waals surface area contributed by atoms with Gasteiger partial charge in [0, 0.05) is 44.2 Å². The Bertz CT molecular complexity index is 1070. The number of aromatic nitrogens is 4. The predicted octanol–water partition coefficient (Wildman–Crippen LogP) is 2.59. The Morgan fingerprint density at radius 2 is 2.03 bits per heavy atom. The first-order valence-electron chi connectivity index (χ1n) is 10.2. The number of aliphatic hydroxyl groups excluding tert-OH is 1.